The van der Waals surface area contributed by atoms with Crippen LogP contribution in [0.2, 0.25) is 0 Å². The molecule has 42 heteroatoms. The number of aromatic hydroxyl groups is 1. The van der Waals surface area contributed by atoms with Crippen molar-refractivity contribution in [1.82, 2.24) is 82.7 Å². The zero-order valence-electron chi connectivity index (χ0n) is 76.1. The summed E-state index contributed by atoms with van der Waals surface area (Å²) in [6, 6.07) is 8.03. The number of nitrogens with zero attached hydrogens (tertiary/aromatic N) is 5. The molecule has 0 radical (unpaired) electrons. The van der Waals surface area contributed by atoms with Crippen molar-refractivity contribution in [1.29, 1.82) is 0 Å². The number of benzene rings is 5. The number of carbonyl (C=O) groups is 17. The molecule has 5 aromatic carbocycles. The van der Waals surface area contributed by atoms with Gasteiger partial charge in [-0.1, -0.05) is 138 Å². The molecule has 3 saturated heterocycles. The molecule has 135 heavy (non-hydrogen) atoms. The standard InChI is InChI=1S/C93H118F3N17O21S/c1-9-10-25-71-92(132)112-33-32-98-44-75(112)88(128)106-69(47-134-50-114)85(125)108-80(52(4)5)93(133)110(7)72(39-53-19-13-11-14-20-53)86(126)102-64(30-31-78(119)120)90(130)113-46-59(116)42-73(113)87(127)105-67(41-57-43-99-63-24-18-17-23-60(57)63)84(124)104-66(37-55-26-28-58(115)29-27-55)83(123)103-65(34-51(2)3)82(122)107-70(81(121)100-45-76(97)117)48-135-49-77(118)101-68(38-56-35-61(94)79(96)62(95)36-56)89(129)111(8)74(91(131)109(71)6)40-54-21-15-12-16-22-54/h11-24,26-29,35-36,43,50-52,59,64-75,80,98-99,115-116H,9-10,25,30-34,37-42,44-49H2,1-8H3,(H2,97,117)(H,100,121)(H,101,118)(H,102,126)(H,103,123)(H,104,124)(H,105,127)(H,106,128)(H,107,122)(H,108,125)(H,119,120)/t59-,64+,65+,66+,67+,68+,69+,70+,71+,72+,73-,74+,75-,80+/m1/s1. The second-order valence-corrected chi connectivity index (χ2v) is 35.5. The smallest absolute Gasteiger partial charge is 0.303 e. The first kappa shape index (κ1) is 105. The van der Waals surface area contributed by atoms with Gasteiger partial charge in [-0.25, -0.2) is 13.2 Å². The van der Waals surface area contributed by atoms with Gasteiger partial charge in [0.05, 0.1) is 18.4 Å². The molecular weight excluding hydrogens is 1780 g/mol. The number of hydrogen-bond donors (Lipinski definition) is 15. The molecule has 16 N–H and O–H groups in total. The van der Waals surface area contributed by atoms with Gasteiger partial charge < -0.3 is 108 Å². The fourth-order valence-corrected chi connectivity index (χ4v) is 17.2. The second-order valence-electron chi connectivity index (χ2n) is 34.5. The van der Waals surface area contributed by atoms with Gasteiger partial charge >= 0.3 is 5.97 Å². The number of aliphatic hydroxyl groups excluding tert-OH is 1. The van der Waals surface area contributed by atoms with E-state index in [1.54, 1.807) is 112 Å². The molecule has 0 unspecified atom stereocenters. The van der Waals surface area contributed by atoms with Crippen LogP contribution < -0.4 is 58.9 Å². The predicted molar refractivity (Wildman–Crippen MR) is 486 cm³/mol. The predicted octanol–water partition coefficient (Wildman–Crippen LogP) is 0.204. The minimum atomic E-state index is -1.88. The lowest BCUT2D eigenvalue weighted by Crippen LogP contribution is -2.66. The third-order valence-corrected chi connectivity index (χ3v) is 24.7. The Morgan fingerprint density at radius 2 is 1.13 bits per heavy atom. The Morgan fingerprint density at radius 3 is 1.76 bits per heavy atom. The van der Waals surface area contributed by atoms with Crippen LogP contribution in [-0.4, -0.2) is 302 Å². The molecule has 3 aliphatic heterocycles. The lowest BCUT2D eigenvalue weighted by molar-refractivity contribution is -0.154. The van der Waals surface area contributed by atoms with Crippen molar-refractivity contribution in [3.63, 3.8) is 0 Å². The van der Waals surface area contributed by atoms with Crippen molar-refractivity contribution in [2.45, 2.75) is 196 Å². The lowest BCUT2D eigenvalue weighted by atomic mass is 9.98. The van der Waals surface area contributed by atoms with Gasteiger partial charge in [-0.05, 0) is 89.2 Å². The number of aromatic amines is 1. The molecule has 3 fully saturated rings. The van der Waals surface area contributed by atoms with E-state index in [2.05, 4.69) is 58.2 Å². The molecule has 728 valence electrons. The van der Waals surface area contributed by atoms with Gasteiger partial charge in [0.2, 0.25) is 88.6 Å². The largest absolute Gasteiger partial charge is 0.508 e. The van der Waals surface area contributed by atoms with Crippen LogP contribution in [0.1, 0.15) is 107 Å². The first-order valence-electron chi connectivity index (χ1n) is 44.4. The Balaban J connectivity index is 1.14. The maximum Gasteiger partial charge on any atom is 0.303 e. The van der Waals surface area contributed by atoms with E-state index < -0.39 is 272 Å². The molecule has 15 amide bonds. The number of rotatable bonds is 25. The van der Waals surface area contributed by atoms with Gasteiger partial charge in [0.25, 0.3) is 6.47 Å². The number of hydrogen-bond acceptors (Lipinski definition) is 22. The number of aliphatic carboxylic acids is 1. The van der Waals surface area contributed by atoms with Crippen LogP contribution in [0.3, 0.4) is 0 Å². The highest BCUT2D eigenvalue weighted by atomic mass is 32.2. The van der Waals surface area contributed by atoms with Gasteiger partial charge in [-0.15, -0.1) is 11.8 Å². The number of carbonyl (C=O) groups excluding carboxylic acids is 16. The van der Waals surface area contributed by atoms with Crippen LogP contribution in [0, 0.1) is 29.3 Å². The van der Waals surface area contributed by atoms with Crippen LogP contribution in [0.4, 0.5) is 13.2 Å². The number of thioether (sulfide) groups is 1. The van der Waals surface area contributed by atoms with Crippen molar-refractivity contribution in [2.24, 2.45) is 17.6 Å². The number of likely N-dealkylation sites (N-methyl/N-ethyl adjacent to an activating group) is 3. The van der Waals surface area contributed by atoms with E-state index in [-0.39, 0.29) is 75.9 Å². The average molecular weight is 1900 g/mol. The number of H-pyrrole nitrogens is 1. The minimum Gasteiger partial charge on any atom is -0.508 e. The zero-order valence-corrected chi connectivity index (χ0v) is 76.9. The number of unbranched alkanes of at least 4 members (excludes halogenated alkanes) is 1. The highest BCUT2D eigenvalue weighted by molar-refractivity contribution is 8.00. The molecule has 6 aromatic rings. The molecule has 1 aromatic heterocycles. The number of amides is 15. The average Bonchev–Trinajstić information content (AvgIpc) is 1.76. The van der Waals surface area contributed by atoms with E-state index in [0.29, 0.717) is 63.5 Å². The number of aliphatic hydroxyl groups is 1. The molecule has 0 bridgehead atoms. The van der Waals surface area contributed by atoms with E-state index in [4.69, 9.17) is 10.5 Å². The number of phenols is 1. The van der Waals surface area contributed by atoms with Crippen molar-refractivity contribution in [3.05, 3.63) is 173 Å². The monoisotopic (exact) mass is 1900 g/mol. The zero-order chi connectivity index (χ0) is 98.6. The second kappa shape index (κ2) is 50.0. The Labute approximate surface area is 781 Å². The molecule has 0 aliphatic carbocycles. The summed E-state index contributed by atoms with van der Waals surface area (Å²) in [6.45, 7) is 5.56. The van der Waals surface area contributed by atoms with E-state index >= 15 is 61.5 Å². The summed E-state index contributed by atoms with van der Waals surface area (Å²) in [4.78, 5) is 258. The quantitative estimate of drug-likeness (QED) is 0.0269. The van der Waals surface area contributed by atoms with Crippen LogP contribution in [0.15, 0.2) is 128 Å². The summed E-state index contributed by atoms with van der Waals surface area (Å²) in [5.74, 6) is -24.8. The third-order valence-electron chi connectivity index (χ3n) is 23.6. The number of phenolic OH excluding ortho intramolecular Hbond substituents is 1. The number of halogens is 3. The number of piperazine rings is 1. The Morgan fingerprint density at radius 1 is 0.578 bits per heavy atom. The van der Waals surface area contributed by atoms with Gasteiger partial charge in [0.1, 0.15) is 90.9 Å². The Hall–Kier alpha value is -13.5. The molecule has 4 heterocycles. The summed E-state index contributed by atoms with van der Waals surface area (Å²) in [5, 5.41) is 59.0. The minimum absolute atomic E-state index is 0.0186. The first-order valence-corrected chi connectivity index (χ1v) is 45.6. The van der Waals surface area contributed by atoms with Gasteiger partial charge in [0.15, 0.2) is 17.5 Å². The number of nitrogens with one attached hydrogen (secondary N) is 11. The SMILES string of the molecule is CCCC[C@H]1C(=O)N2CCNC[C@@H]2C(=O)N[C@@H](COC=O)C(=O)N[C@@H](C(C)C)C(=O)N(C)[C@@H](Cc2ccccc2)C(=O)N[C@@H](CCC(=O)O)C(=O)N2C[C@H](O)C[C@@H]2C(=O)N[C@@H](Cc2c[nH]c3ccccc23)C(=O)N[C@@H](Cc2ccc(O)cc2)C(=O)N[C@@H](CC(C)C)C(=O)N[C@H](C(=O)NCC(N)=O)CSCC(=O)N[C@@H](Cc2cc(F)c(F)c(F)c2)C(=O)N(C)[C@@H](Cc2ccccc2)C(=O)N1C. The Bertz CT molecular complexity index is 5210. The number of para-hydroxylation sites is 1. The maximum atomic E-state index is 15.7. The lowest BCUT2D eigenvalue weighted by Gasteiger charge is -2.41. The number of ether oxygens (including phenoxy) is 1. The van der Waals surface area contributed by atoms with Crippen LogP contribution in [0.25, 0.3) is 10.9 Å². The summed E-state index contributed by atoms with van der Waals surface area (Å²) < 4.78 is 50.2. The van der Waals surface area contributed by atoms with Crippen LogP contribution >= 0.6 is 11.8 Å². The molecule has 0 saturated carbocycles. The van der Waals surface area contributed by atoms with Crippen LogP contribution in [-0.2, 0) is 118 Å². The van der Waals surface area contributed by atoms with E-state index in [9.17, 15) is 48.5 Å². The Kier molecular flexibility index (Phi) is 39.0. The molecule has 14 atom stereocenters. The number of carboxylic acids is 1. The molecular formula is C93H118F3N17O21S. The maximum absolute atomic E-state index is 15.7. The van der Waals surface area contributed by atoms with Crippen molar-refractivity contribution in [2.75, 3.05) is 72.0 Å². The van der Waals surface area contributed by atoms with Crippen molar-refractivity contribution < 1.29 is 115 Å². The van der Waals surface area contributed by atoms with E-state index in [0.717, 1.165) is 19.6 Å². The summed E-state index contributed by atoms with van der Waals surface area (Å²) in [6.07, 6.45) is -3.53. The van der Waals surface area contributed by atoms with Gasteiger partial charge in [-0.2, -0.15) is 0 Å². The van der Waals surface area contributed by atoms with E-state index in [1.165, 1.54) is 64.2 Å². The molecule has 0 spiro atoms. The fourth-order valence-electron chi connectivity index (χ4n) is 16.3. The van der Waals surface area contributed by atoms with Crippen LogP contribution in [0.5, 0.6) is 5.75 Å². The highest BCUT2D eigenvalue weighted by Gasteiger charge is 2.47. The summed E-state index contributed by atoms with van der Waals surface area (Å²) in [7, 11) is 3.69. The van der Waals surface area contributed by atoms with Gasteiger partial charge in [0, 0.05) is 115 Å². The normalized spacial score (nSPS) is 24.0. The summed E-state index contributed by atoms with van der Waals surface area (Å²) in [5.41, 5.74) is 7.30. The number of nitrogens with two attached hydrogens (primary N) is 1. The third kappa shape index (κ3) is 29.5. The highest BCUT2D eigenvalue weighted by Crippen LogP contribution is 2.28. The number of fused-ring (bicyclic) bond motifs is 3. The summed E-state index contributed by atoms with van der Waals surface area (Å²) >= 11 is 0.659. The first-order chi connectivity index (χ1) is 64.2. The molecule has 3 aliphatic rings. The van der Waals surface area contributed by atoms with Gasteiger partial charge in [-0.3, -0.25) is 81.5 Å². The van der Waals surface area contributed by atoms with Crippen molar-refractivity contribution in [3.8, 4) is 5.75 Å². The van der Waals surface area contributed by atoms with E-state index in [1.807, 2.05) is 0 Å². The number of aromatic nitrogens is 1. The fraction of sp³-hybridized carbons (Fsp3) is 0.473. The topological polar surface area (TPSA) is 538 Å². The number of carboxylic acid groups (broad SMARTS) is 1. The molecule has 38 nitrogen and oxygen atoms in total. The molecule has 9 rings (SSSR count). The van der Waals surface area contributed by atoms with Crippen molar-refractivity contribution >= 4 is 124 Å². The number of primary amides is 1.